The number of carbonyl (C=O) groups excluding carboxylic acids is 1. The Morgan fingerprint density at radius 3 is 2.39 bits per heavy atom. The fourth-order valence-corrected chi connectivity index (χ4v) is 3.25. The molecule has 0 bridgehead atoms. The average Bonchev–Trinajstić information content (AvgIpc) is 2.95. The monoisotopic (exact) mass is 300 g/mol. The van der Waals surface area contributed by atoms with Crippen molar-refractivity contribution in [3.05, 3.63) is 72.3 Å². The van der Waals surface area contributed by atoms with Gasteiger partial charge in [0.2, 0.25) is 0 Å². The van der Waals surface area contributed by atoms with Crippen LogP contribution in [0.2, 0.25) is 0 Å². The zero-order chi connectivity index (χ0) is 15.8. The number of ether oxygens (including phenoxy) is 1. The minimum atomic E-state index is -0.260. The maximum Gasteiger partial charge on any atom is 0.338 e. The van der Waals surface area contributed by atoms with Gasteiger partial charge in [0.1, 0.15) is 0 Å². The molecule has 4 aromatic rings. The Morgan fingerprint density at radius 2 is 1.52 bits per heavy atom. The molecule has 0 unspecified atom stereocenters. The lowest BCUT2D eigenvalue weighted by molar-refractivity contribution is 0.0529. The van der Waals surface area contributed by atoms with Gasteiger partial charge in [0.25, 0.3) is 0 Å². The Hall–Kier alpha value is -2.87. The SMILES string of the molecule is CCOC(=O)c1ccc2c1cccc1c3cccccc3cc21. The molecule has 0 N–H and O–H groups in total. The number of hydrogen-bond acceptors (Lipinski definition) is 2. The summed E-state index contributed by atoms with van der Waals surface area (Å²) in [5.41, 5.74) is 0.634. The third-order valence-corrected chi connectivity index (χ3v) is 4.26. The molecule has 0 heterocycles. The second kappa shape index (κ2) is 5.40. The van der Waals surface area contributed by atoms with Crippen LogP contribution in [-0.4, -0.2) is 12.6 Å². The first-order valence-electron chi connectivity index (χ1n) is 7.80. The van der Waals surface area contributed by atoms with Gasteiger partial charge in [-0.15, -0.1) is 0 Å². The molecule has 2 nitrogen and oxygen atoms in total. The molecule has 112 valence electrons. The molecule has 2 heteroatoms. The van der Waals surface area contributed by atoms with Gasteiger partial charge in [-0.25, -0.2) is 4.79 Å². The van der Waals surface area contributed by atoms with Crippen LogP contribution in [0.25, 0.3) is 32.3 Å². The van der Waals surface area contributed by atoms with Crippen molar-refractivity contribution in [3.8, 4) is 0 Å². The van der Waals surface area contributed by atoms with E-state index in [0.717, 1.165) is 10.8 Å². The van der Waals surface area contributed by atoms with E-state index in [4.69, 9.17) is 4.74 Å². The molecule has 0 fully saturated rings. The number of rotatable bonds is 2. The van der Waals surface area contributed by atoms with Crippen molar-refractivity contribution in [3.63, 3.8) is 0 Å². The zero-order valence-electron chi connectivity index (χ0n) is 12.9. The standard InChI is InChI=1S/C21H16O2/c1-2-23-21(22)19-12-11-18-17(19)10-6-9-16-15-8-5-3-4-7-14(15)13-20(16)18/h3-13H,2H2,1H3. The van der Waals surface area contributed by atoms with E-state index < -0.39 is 0 Å². The molecule has 0 saturated carbocycles. The fourth-order valence-electron chi connectivity index (χ4n) is 3.25. The highest BCUT2D eigenvalue weighted by molar-refractivity contribution is 6.22. The molecule has 0 aliphatic carbocycles. The number of fused-ring (bicyclic) bond motifs is 5. The van der Waals surface area contributed by atoms with Gasteiger partial charge < -0.3 is 4.74 Å². The summed E-state index contributed by atoms with van der Waals surface area (Å²) in [6, 6.07) is 22.6. The van der Waals surface area contributed by atoms with E-state index in [1.165, 1.54) is 21.5 Å². The maximum atomic E-state index is 12.1. The number of hydrogen-bond donors (Lipinski definition) is 0. The van der Waals surface area contributed by atoms with Gasteiger partial charge in [-0.05, 0) is 51.4 Å². The van der Waals surface area contributed by atoms with Crippen molar-refractivity contribution in [1.82, 2.24) is 0 Å². The molecule has 0 spiro atoms. The smallest absolute Gasteiger partial charge is 0.338 e. The Kier molecular flexibility index (Phi) is 3.23. The molecule has 0 aliphatic heterocycles. The molecule has 0 atom stereocenters. The van der Waals surface area contributed by atoms with Crippen molar-refractivity contribution in [2.75, 3.05) is 6.61 Å². The topological polar surface area (TPSA) is 26.3 Å². The van der Waals surface area contributed by atoms with Gasteiger partial charge in [0.15, 0.2) is 0 Å². The quantitative estimate of drug-likeness (QED) is 0.468. The van der Waals surface area contributed by atoms with Crippen molar-refractivity contribution >= 4 is 38.3 Å². The van der Waals surface area contributed by atoms with E-state index in [9.17, 15) is 4.79 Å². The van der Waals surface area contributed by atoms with Crippen LogP contribution in [0.15, 0.2) is 66.7 Å². The largest absolute Gasteiger partial charge is 0.462 e. The van der Waals surface area contributed by atoms with Crippen LogP contribution in [0, 0.1) is 0 Å². The normalized spacial score (nSPS) is 11.2. The minimum absolute atomic E-state index is 0.260. The Bertz CT molecular complexity index is 1050. The molecular formula is C21H16O2. The summed E-state index contributed by atoms with van der Waals surface area (Å²) >= 11 is 0. The van der Waals surface area contributed by atoms with Crippen molar-refractivity contribution in [2.24, 2.45) is 0 Å². The molecule has 0 saturated heterocycles. The lowest BCUT2D eigenvalue weighted by Gasteiger charge is -1.99. The second-order valence-electron chi connectivity index (χ2n) is 5.57. The molecule has 0 aliphatic rings. The summed E-state index contributed by atoms with van der Waals surface area (Å²) in [6.07, 6.45) is 0. The first-order chi connectivity index (χ1) is 11.3. The third-order valence-electron chi connectivity index (χ3n) is 4.26. The van der Waals surface area contributed by atoms with E-state index >= 15 is 0 Å². The lowest BCUT2D eigenvalue weighted by atomic mass is 10.2. The van der Waals surface area contributed by atoms with Crippen LogP contribution in [0.3, 0.4) is 0 Å². The number of carbonyl (C=O) groups is 1. The van der Waals surface area contributed by atoms with E-state index in [1.807, 2.05) is 43.3 Å². The van der Waals surface area contributed by atoms with Crippen LogP contribution >= 0.6 is 0 Å². The highest BCUT2D eigenvalue weighted by Crippen LogP contribution is 2.34. The molecule has 4 rings (SSSR count). The highest BCUT2D eigenvalue weighted by atomic mass is 16.5. The van der Waals surface area contributed by atoms with Gasteiger partial charge in [-0.1, -0.05) is 54.6 Å². The molecule has 0 aromatic heterocycles. The highest BCUT2D eigenvalue weighted by Gasteiger charge is 2.14. The van der Waals surface area contributed by atoms with E-state index in [1.54, 1.807) is 0 Å². The van der Waals surface area contributed by atoms with Gasteiger partial charge in [0, 0.05) is 0 Å². The Morgan fingerprint density at radius 1 is 0.783 bits per heavy atom. The first-order valence-corrected chi connectivity index (χ1v) is 7.80. The van der Waals surface area contributed by atoms with Crippen LogP contribution in [0.5, 0.6) is 0 Å². The summed E-state index contributed by atoms with van der Waals surface area (Å²) in [4.78, 5) is 12.1. The third kappa shape index (κ3) is 2.15. The van der Waals surface area contributed by atoms with Crippen LogP contribution in [0.1, 0.15) is 17.3 Å². The predicted molar refractivity (Wildman–Crippen MR) is 94.9 cm³/mol. The molecule has 0 radical (unpaired) electrons. The average molecular weight is 300 g/mol. The van der Waals surface area contributed by atoms with Crippen LogP contribution in [-0.2, 0) is 4.74 Å². The second-order valence-corrected chi connectivity index (χ2v) is 5.57. The molecular weight excluding hydrogens is 284 g/mol. The van der Waals surface area contributed by atoms with E-state index in [2.05, 4.69) is 30.3 Å². The molecule has 4 aromatic carbocycles. The van der Waals surface area contributed by atoms with Gasteiger partial charge in [0.05, 0.1) is 12.2 Å². The number of esters is 1. The Balaban J connectivity index is 2.10. The van der Waals surface area contributed by atoms with E-state index in [0.29, 0.717) is 12.2 Å². The van der Waals surface area contributed by atoms with Crippen molar-refractivity contribution < 1.29 is 9.53 Å². The summed E-state index contributed by atoms with van der Waals surface area (Å²) in [5.74, 6) is -0.260. The fraction of sp³-hybridized carbons (Fsp3) is 0.0952. The van der Waals surface area contributed by atoms with Crippen LogP contribution in [0.4, 0.5) is 0 Å². The predicted octanol–water partition coefficient (Wildman–Crippen LogP) is 5.32. The lowest BCUT2D eigenvalue weighted by Crippen LogP contribution is -2.03. The van der Waals surface area contributed by atoms with Gasteiger partial charge >= 0.3 is 5.97 Å². The first kappa shape index (κ1) is 13.8. The zero-order valence-corrected chi connectivity index (χ0v) is 12.9. The summed E-state index contributed by atoms with van der Waals surface area (Å²) in [5, 5.41) is 6.83. The van der Waals surface area contributed by atoms with Gasteiger partial charge in [-0.2, -0.15) is 0 Å². The van der Waals surface area contributed by atoms with Crippen molar-refractivity contribution in [2.45, 2.75) is 6.92 Å². The maximum absolute atomic E-state index is 12.1. The minimum Gasteiger partial charge on any atom is -0.462 e. The summed E-state index contributed by atoms with van der Waals surface area (Å²) in [6.45, 7) is 2.21. The Labute approximate surface area is 134 Å². The summed E-state index contributed by atoms with van der Waals surface area (Å²) in [7, 11) is 0. The molecule has 0 amide bonds. The molecule has 23 heavy (non-hydrogen) atoms. The summed E-state index contributed by atoms with van der Waals surface area (Å²) < 4.78 is 5.17. The van der Waals surface area contributed by atoms with E-state index in [-0.39, 0.29) is 5.97 Å². The van der Waals surface area contributed by atoms with Gasteiger partial charge in [-0.3, -0.25) is 0 Å². The van der Waals surface area contributed by atoms with Crippen molar-refractivity contribution in [1.29, 1.82) is 0 Å². The van der Waals surface area contributed by atoms with Crippen LogP contribution < -0.4 is 0 Å².